The number of phenols is 2. The lowest BCUT2D eigenvalue weighted by molar-refractivity contribution is -0.246. The Balaban J connectivity index is 1.66. The van der Waals surface area contributed by atoms with Gasteiger partial charge in [0.1, 0.15) is 35.1 Å². The van der Waals surface area contributed by atoms with Gasteiger partial charge in [-0.05, 0) is 49.0 Å². The Labute approximate surface area is 180 Å². The lowest BCUT2D eigenvalue weighted by Gasteiger charge is -2.64. The van der Waals surface area contributed by atoms with Crippen molar-refractivity contribution in [2.75, 3.05) is 0 Å². The lowest BCUT2D eigenvalue weighted by Crippen LogP contribution is -2.72. The van der Waals surface area contributed by atoms with Gasteiger partial charge in [0.25, 0.3) is 0 Å². The average Bonchev–Trinajstić information content (AvgIpc) is 2.97. The largest absolute Gasteiger partial charge is 0.507 e. The second-order valence-corrected chi connectivity index (χ2v) is 10.5. The molecule has 4 rings (SSSR count). The maximum Gasteiger partial charge on any atom is 0.342 e. The number of aromatic hydroxyl groups is 2. The summed E-state index contributed by atoms with van der Waals surface area (Å²) in [4.78, 5) is 24.7. The Kier molecular flexibility index (Phi) is 4.57. The van der Waals surface area contributed by atoms with Crippen molar-refractivity contribution in [3.63, 3.8) is 0 Å². The first-order chi connectivity index (χ1) is 13.9. The highest BCUT2D eigenvalue weighted by molar-refractivity contribution is 6.33. The van der Waals surface area contributed by atoms with Crippen molar-refractivity contribution in [2.24, 2.45) is 22.7 Å². The number of hydrogen-bond donors (Lipinski definition) is 3. The Morgan fingerprint density at radius 2 is 1.87 bits per heavy atom. The van der Waals surface area contributed by atoms with Gasteiger partial charge in [-0.15, -0.1) is 0 Å². The van der Waals surface area contributed by atoms with E-state index >= 15 is 0 Å². The molecule has 2 fully saturated rings. The molecule has 0 aromatic heterocycles. The molecule has 1 aromatic carbocycles. The number of esters is 1. The maximum absolute atomic E-state index is 12.9. The molecule has 3 aliphatic rings. The zero-order chi connectivity index (χ0) is 22.2. The fourth-order valence-corrected chi connectivity index (χ4v) is 6.33. The van der Waals surface area contributed by atoms with E-state index in [1.54, 1.807) is 0 Å². The molecule has 0 bridgehead atoms. The molecule has 2 saturated carbocycles. The van der Waals surface area contributed by atoms with Crippen molar-refractivity contribution < 1.29 is 29.6 Å². The van der Waals surface area contributed by atoms with Crippen LogP contribution in [0.15, 0.2) is 17.7 Å². The van der Waals surface area contributed by atoms with Crippen LogP contribution >= 0.6 is 11.6 Å². The number of allylic oxidation sites excluding steroid dienone is 1. The first-order valence-electron chi connectivity index (χ1n) is 10.2. The summed E-state index contributed by atoms with van der Waals surface area (Å²) in [5.41, 5.74) is -1.76. The van der Waals surface area contributed by atoms with Crippen LogP contribution in [0.4, 0.5) is 0 Å². The van der Waals surface area contributed by atoms with E-state index in [0.717, 1.165) is 18.9 Å². The average molecular weight is 435 g/mol. The Morgan fingerprint density at radius 3 is 2.50 bits per heavy atom. The first-order valence-corrected chi connectivity index (χ1v) is 10.6. The Hall–Kier alpha value is -2.05. The highest BCUT2D eigenvalue weighted by atomic mass is 35.5. The van der Waals surface area contributed by atoms with E-state index < -0.39 is 28.8 Å². The molecule has 5 atom stereocenters. The highest BCUT2D eigenvalue weighted by Crippen LogP contribution is 2.68. The van der Waals surface area contributed by atoms with Gasteiger partial charge < -0.3 is 20.1 Å². The molecule has 30 heavy (non-hydrogen) atoms. The van der Waals surface area contributed by atoms with Crippen LogP contribution in [0.1, 0.15) is 56.0 Å². The summed E-state index contributed by atoms with van der Waals surface area (Å²) in [6, 6.07) is 0.980. The Bertz CT molecular complexity index is 982. The fourth-order valence-electron chi connectivity index (χ4n) is 6.18. The number of aliphatic hydroxyl groups is 1. The minimum atomic E-state index is -1.57. The van der Waals surface area contributed by atoms with Crippen LogP contribution in [-0.2, 0) is 9.53 Å². The van der Waals surface area contributed by atoms with E-state index in [-0.39, 0.29) is 44.7 Å². The van der Waals surface area contributed by atoms with Crippen LogP contribution in [0.3, 0.4) is 0 Å². The second-order valence-electron chi connectivity index (χ2n) is 10.1. The summed E-state index contributed by atoms with van der Waals surface area (Å²) >= 11 is 6.00. The molecule has 0 saturated heterocycles. The zero-order valence-corrected chi connectivity index (χ0v) is 18.3. The molecular weight excluding hydrogens is 408 g/mol. The van der Waals surface area contributed by atoms with Gasteiger partial charge in [0.15, 0.2) is 0 Å². The monoisotopic (exact) mass is 434 g/mol. The standard InChI is InChI=1S/C23H27ClO6/c1-11-18(15(26)6-16(27)19(11)24)20(28)30-17-9-22(4)14-8-21(2,3)7-12(14)5-13(10-25)23(17,22)29/h5-6,10,12,14,17,26-27,29H,7-9H2,1-4H3. The summed E-state index contributed by atoms with van der Waals surface area (Å²) in [6.45, 7) is 7.84. The van der Waals surface area contributed by atoms with Crippen molar-refractivity contribution in [1.82, 2.24) is 0 Å². The molecule has 5 unspecified atom stereocenters. The molecule has 0 heterocycles. The molecule has 162 valence electrons. The van der Waals surface area contributed by atoms with Gasteiger partial charge in [-0.2, -0.15) is 0 Å². The van der Waals surface area contributed by atoms with Crippen LogP contribution in [0.5, 0.6) is 11.5 Å². The van der Waals surface area contributed by atoms with E-state index in [4.69, 9.17) is 16.3 Å². The van der Waals surface area contributed by atoms with Gasteiger partial charge in [-0.25, -0.2) is 4.79 Å². The van der Waals surface area contributed by atoms with Gasteiger partial charge in [0.05, 0.1) is 5.02 Å². The van der Waals surface area contributed by atoms with Crippen molar-refractivity contribution in [3.8, 4) is 11.5 Å². The number of halogens is 1. The van der Waals surface area contributed by atoms with E-state index in [1.165, 1.54) is 6.92 Å². The number of carbonyl (C=O) groups excluding carboxylic acids is 2. The number of hydrogen-bond acceptors (Lipinski definition) is 6. The minimum Gasteiger partial charge on any atom is -0.507 e. The summed E-state index contributed by atoms with van der Waals surface area (Å²) < 4.78 is 5.61. The minimum absolute atomic E-state index is 0.0564. The van der Waals surface area contributed by atoms with Crippen molar-refractivity contribution in [2.45, 2.75) is 58.7 Å². The molecule has 0 amide bonds. The number of fused-ring (bicyclic) bond motifs is 3. The third-order valence-electron chi connectivity index (χ3n) is 7.71. The molecule has 0 aliphatic heterocycles. The van der Waals surface area contributed by atoms with Crippen LogP contribution < -0.4 is 0 Å². The van der Waals surface area contributed by atoms with Gasteiger partial charge in [0, 0.05) is 17.1 Å². The van der Waals surface area contributed by atoms with Crippen molar-refractivity contribution in [1.29, 1.82) is 0 Å². The van der Waals surface area contributed by atoms with E-state index in [9.17, 15) is 24.9 Å². The summed E-state index contributed by atoms with van der Waals surface area (Å²) in [7, 11) is 0. The smallest absolute Gasteiger partial charge is 0.342 e. The van der Waals surface area contributed by atoms with E-state index in [2.05, 4.69) is 13.8 Å². The maximum atomic E-state index is 12.9. The van der Waals surface area contributed by atoms with Crippen LogP contribution in [0.25, 0.3) is 0 Å². The Morgan fingerprint density at radius 1 is 1.20 bits per heavy atom. The summed E-state index contributed by atoms with van der Waals surface area (Å²) in [6.07, 6.45) is 3.90. The number of rotatable bonds is 3. The zero-order valence-electron chi connectivity index (χ0n) is 17.5. The van der Waals surface area contributed by atoms with E-state index in [1.807, 2.05) is 13.0 Å². The predicted octanol–water partition coefficient (Wildman–Crippen LogP) is 3.92. The van der Waals surface area contributed by atoms with Crippen LogP contribution in [0, 0.1) is 29.6 Å². The molecule has 3 N–H and O–H groups in total. The van der Waals surface area contributed by atoms with Crippen LogP contribution in [-0.4, -0.2) is 39.3 Å². The summed E-state index contributed by atoms with van der Waals surface area (Å²) in [5.74, 6) is -1.25. The molecule has 0 radical (unpaired) electrons. The predicted molar refractivity (Wildman–Crippen MR) is 111 cm³/mol. The number of aldehydes is 1. The van der Waals surface area contributed by atoms with Crippen molar-refractivity contribution >= 4 is 23.9 Å². The molecule has 6 nitrogen and oxygen atoms in total. The lowest BCUT2D eigenvalue weighted by atomic mass is 9.44. The molecule has 0 spiro atoms. The van der Waals surface area contributed by atoms with Gasteiger partial charge >= 0.3 is 5.97 Å². The molecule has 1 aromatic rings. The van der Waals surface area contributed by atoms with Gasteiger partial charge in [0.2, 0.25) is 0 Å². The number of carbonyl (C=O) groups is 2. The third-order valence-corrected chi connectivity index (χ3v) is 8.19. The van der Waals surface area contributed by atoms with Crippen LogP contribution in [0.2, 0.25) is 5.02 Å². The molecular formula is C23H27ClO6. The summed E-state index contributed by atoms with van der Waals surface area (Å²) in [5, 5.41) is 31.5. The SMILES string of the molecule is Cc1c(Cl)c(O)cc(O)c1C(=O)OC1CC2(C)C3CC(C)(C)CC3C=C(C=O)C12O. The number of phenolic OH excluding ortho intramolecular Hbond substituents is 2. The topological polar surface area (TPSA) is 104 Å². The van der Waals surface area contributed by atoms with Gasteiger partial charge in [-0.3, -0.25) is 4.79 Å². The van der Waals surface area contributed by atoms with Crippen molar-refractivity contribution in [3.05, 3.63) is 33.9 Å². The normalized spacial score (nSPS) is 36.2. The molecule has 7 heteroatoms. The molecule has 3 aliphatic carbocycles. The fraction of sp³-hybridized carbons (Fsp3) is 0.565. The first kappa shape index (κ1) is 21.2. The highest BCUT2D eigenvalue weighted by Gasteiger charge is 2.72. The van der Waals surface area contributed by atoms with E-state index in [0.29, 0.717) is 12.7 Å². The number of ether oxygens (including phenoxy) is 1. The number of benzene rings is 1. The quantitative estimate of drug-likeness (QED) is 0.492. The third kappa shape index (κ3) is 2.66. The van der Waals surface area contributed by atoms with Gasteiger partial charge in [-0.1, -0.05) is 38.4 Å². The second kappa shape index (κ2) is 6.47.